The molecule has 1 aliphatic rings. The lowest BCUT2D eigenvalue weighted by Crippen LogP contribution is -2.56. The van der Waals surface area contributed by atoms with E-state index in [1.807, 2.05) is 0 Å². The SMILES string of the molecule is Cn1cc(C(=NO)N2CC(Oc3ccc(CCB(O)O)c(O)c3C(=O)O)C2)cn1. The van der Waals surface area contributed by atoms with Gasteiger partial charge in [0.1, 0.15) is 23.2 Å². The molecule has 29 heavy (non-hydrogen) atoms. The van der Waals surface area contributed by atoms with Gasteiger partial charge in [-0.3, -0.25) is 4.68 Å². The van der Waals surface area contributed by atoms with Gasteiger partial charge in [0.2, 0.25) is 0 Å². The first kappa shape index (κ1) is 20.5. The van der Waals surface area contributed by atoms with Crippen molar-refractivity contribution in [2.75, 3.05) is 13.1 Å². The summed E-state index contributed by atoms with van der Waals surface area (Å²) in [7, 11) is 0.187. The Balaban J connectivity index is 1.69. The van der Waals surface area contributed by atoms with Gasteiger partial charge in [0.05, 0.1) is 24.8 Å². The van der Waals surface area contributed by atoms with Gasteiger partial charge < -0.3 is 35.1 Å². The molecule has 0 aliphatic carbocycles. The number of hydrogen-bond acceptors (Lipinski definition) is 8. The van der Waals surface area contributed by atoms with Crippen LogP contribution in [0.4, 0.5) is 0 Å². The number of aromatic nitrogens is 2. The summed E-state index contributed by atoms with van der Waals surface area (Å²) < 4.78 is 7.31. The van der Waals surface area contributed by atoms with Gasteiger partial charge >= 0.3 is 13.1 Å². The molecule has 0 spiro atoms. The molecule has 2 heterocycles. The van der Waals surface area contributed by atoms with E-state index >= 15 is 0 Å². The van der Waals surface area contributed by atoms with Crippen LogP contribution in [0.5, 0.6) is 11.5 Å². The van der Waals surface area contributed by atoms with Crippen LogP contribution in [-0.4, -0.2) is 78.3 Å². The van der Waals surface area contributed by atoms with Crippen LogP contribution in [-0.2, 0) is 13.5 Å². The van der Waals surface area contributed by atoms with Gasteiger partial charge in [-0.15, -0.1) is 0 Å². The highest BCUT2D eigenvalue weighted by molar-refractivity contribution is 6.41. The minimum Gasteiger partial charge on any atom is -0.507 e. The second-order valence-corrected chi connectivity index (χ2v) is 6.74. The molecule has 0 unspecified atom stereocenters. The van der Waals surface area contributed by atoms with Crippen molar-refractivity contribution in [1.82, 2.24) is 14.7 Å². The number of hydrogen-bond donors (Lipinski definition) is 5. The zero-order valence-corrected chi connectivity index (χ0v) is 15.6. The van der Waals surface area contributed by atoms with Gasteiger partial charge in [-0.1, -0.05) is 11.2 Å². The van der Waals surface area contributed by atoms with Crippen molar-refractivity contribution in [3.8, 4) is 11.5 Å². The third-order valence-electron chi connectivity index (χ3n) is 4.61. The molecule has 1 saturated heterocycles. The number of likely N-dealkylation sites (tertiary alicyclic amines) is 1. The zero-order chi connectivity index (χ0) is 21.1. The Morgan fingerprint density at radius 1 is 1.38 bits per heavy atom. The van der Waals surface area contributed by atoms with E-state index in [1.165, 1.54) is 12.1 Å². The van der Waals surface area contributed by atoms with Crippen LogP contribution in [0, 0.1) is 0 Å². The average molecular weight is 404 g/mol. The van der Waals surface area contributed by atoms with Crippen molar-refractivity contribution in [2.24, 2.45) is 12.2 Å². The number of carboxylic acid groups (broad SMARTS) is 1. The number of aryl methyl sites for hydroxylation is 2. The summed E-state index contributed by atoms with van der Waals surface area (Å²) >= 11 is 0. The monoisotopic (exact) mass is 404 g/mol. The van der Waals surface area contributed by atoms with Crippen LogP contribution >= 0.6 is 0 Å². The molecule has 1 aromatic carbocycles. The number of oxime groups is 1. The largest absolute Gasteiger partial charge is 0.507 e. The lowest BCUT2D eigenvalue weighted by molar-refractivity contribution is 0.0587. The van der Waals surface area contributed by atoms with Crippen molar-refractivity contribution in [1.29, 1.82) is 0 Å². The number of phenols is 1. The quantitative estimate of drug-likeness (QED) is 0.138. The molecule has 11 nitrogen and oxygen atoms in total. The van der Waals surface area contributed by atoms with Crippen LogP contribution in [0.1, 0.15) is 21.5 Å². The summed E-state index contributed by atoms with van der Waals surface area (Å²) in [4.78, 5) is 13.4. The molecule has 0 bridgehead atoms. The maximum absolute atomic E-state index is 11.6. The molecule has 0 radical (unpaired) electrons. The third-order valence-corrected chi connectivity index (χ3v) is 4.61. The Bertz CT molecular complexity index is 925. The highest BCUT2D eigenvalue weighted by Gasteiger charge is 2.34. The normalized spacial score (nSPS) is 14.6. The molecule has 1 aromatic heterocycles. The van der Waals surface area contributed by atoms with Gasteiger partial charge in [-0.2, -0.15) is 5.10 Å². The fourth-order valence-electron chi connectivity index (χ4n) is 3.11. The number of nitrogens with zero attached hydrogens (tertiary/aromatic N) is 4. The molecular weight excluding hydrogens is 383 g/mol. The van der Waals surface area contributed by atoms with E-state index in [9.17, 15) is 20.2 Å². The molecule has 5 N–H and O–H groups in total. The molecule has 0 atom stereocenters. The summed E-state index contributed by atoms with van der Waals surface area (Å²) in [6.45, 7) is 0.707. The number of aromatic carboxylic acids is 1. The Kier molecular flexibility index (Phi) is 5.94. The Hall–Kier alpha value is -3.25. The number of amidine groups is 1. The van der Waals surface area contributed by atoms with E-state index in [0.717, 1.165) is 0 Å². The van der Waals surface area contributed by atoms with Crippen LogP contribution < -0.4 is 4.74 Å². The molecule has 0 saturated carbocycles. The molecule has 154 valence electrons. The smallest absolute Gasteiger partial charge is 0.451 e. The van der Waals surface area contributed by atoms with Crippen molar-refractivity contribution in [3.05, 3.63) is 41.2 Å². The summed E-state index contributed by atoms with van der Waals surface area (Å²) in [5.74, 6) is -1.47. The first-order valence-electron chi connectivity index (χ1n) is 8.87. The Morgan fingerprint density at radius 3 is 2.66 bits per heavy atom. The predicted molar refractivity (Wildman–Crippen MR) is 101 cm³/mol. The van der Waals surface area contributed by atoms with E-state index in [1.54, 1.807) is 29.0 Å². The first-order valence-corrected chi connectivity index (χ1v) is 8.87. The molecule has 1 aliphatic heterocycles. The molecule has 3 rings (SSSR count). The van der Waals surface area contributed by atoms with E-state index in [2.05, 4.69) is 10.3 Å². The van der Waals surface area contributed by atoms with E-state index in [-0.39, 0.29) is 35.7 Å². The van der Waals surface area contributed by atoms with E-state index < -0.39 is 18.8 Å². The maximum atomic E-state index is 11.6. The average Bonchev–Trinajstić information content (AvgIpc) is 3.05. The predicted octanol–water partition coefficient (Wildman–Crippen LogP) is -0.262. The van der Waals surface area contributed by atoms with Crippen molar-refractivity contribution in [2.45, 2.75) is 18.8 Å². The van der Waals surface area contributed by atoms with Gasteiger partial charge in [-0.25, -0.2) is 4.79 Å². The van der Waals surface area contributed by atoms with Crippen LogP contribution in [0.2, 0.25) is 6.32 Å². The van der Waals surface area contributed by atoms with Crippen molar-refractivity contribution >= 4 is 18.9 Å². The molecular formula is C17H21BN4O7. The number of carboxylic acids is 1. The number of aromatic hydroxyl groups is 1. The topological polar surface area (TPSA) is 161 Å². The minimum absolute atomic E-state index is 0.0109. The van der Waals surface area contributed by atoms with Gasteiger partial charge in [-0.05, 0) is 24.4 Å². The molecule has 1 fully saturated rings. The van der Waals surface area contributed by atoms with Crippen molar-refractivity contribution < 1.29 is 35.0 Å². The highest BCUT2D eigenvalue weighted by Crippen LogP contribution is 2.34. The summed E-state index contributed by atoms with van der Waals surface area (Å²) in [6, 6.07) is 2.93. The Morgan fingerprint density at radius 2 is 2.10 bits per heavy atom. The van der Waals surface area contributed by atoms with Crippen LogP contribution in [0.25, 0.3) is 0 Å². The van der Waals surface area contributed by atoms with Crippen LogP contribution in [0.3, 0.4) is 0 Å². The second-order valence-electron chi connectivity index (χ2n) is 6.74. The first-order chi connectivity index (χ1) is 13.8. The fraction of sp³-hybridized carbons (Fsp3) is 0.353. The van der Waals surface area contributed by atoms with Gasteiger partial charge in [0, 0.05) is 13.2 Å². The van der Waals surface area contributed by atoms with Gasteiger partial charge in [0.15, 0.2) is 5.84 Å². The number of ether oxygens (including phenoxy) is 1. The summed E-state index contributed by atoms with van der Waals surface area (Å²) in [5.41, 5.74) is 0.536. The van der Waals surface area contributed by atoms with Crippen LogP contribution in [0.15, 0.2) is 29.7 Å². The lowest BCUT2D eigenvalue weighted by Gasteiger charge is -2.40. The molecule has 12 heteroatoms. The minimum atomic E-state index is -1.55. The molecule has 2 aromatic rings. The van der Waals surface area contributed by atoms with E-state index in [4.69, 9.17) is 14.8 Å². The number of benzene rings is 1. The summed E-state index contributed by atoms with van der Waals surface area (Å²) in [5, 5.41) is 54.3. The van der Waals surface area contributed by atoms with Crippen molar-refractivity contribution in [3.63, 3.8) is 0 Å². The lowest BCUT2D eigenvalue weighted by atomic mass is 9.82. The van der Waals surface area contributed by atoms with Gasteiger partial charge in [0.25, 0.3) is 0 Å². The maximum Gasteiger partial charge on any atom is 0.451 e. The zero-order valence-electron chi connectivity index (χ0n) is 15.6. The Labute approximate surface area is 166 Å². The number of rotatable bonds is 7. The second kappa shape index (κ2) is 8.41. The highest BCUT2D eigenvalue weighted by atomic mass is 16.5. The number of carbonyl (C=O) groups is 1. The summed E-state index contributed by atoms with van der Waals surface area (Å²) in [6.07, 6.45) is 2.95. The fourth-order valence-corrected chi connectivity index (χ4v) is 3.11. The van der Waals surface area contributed by atoms with E-state index in [0.29, 0.717) is 24.5 Å². The standard InChI is InChI=1S/C17H21BN4O7/c1-21-7-11(6-19-21)16(20-28)22-8-12(9-22)29-13-3-2-10(4-5-18(26)27)15(23)14(13)17(24)25/h2-3,6-7,12,23,26-28H,4-5,8-9H2,1H3,(H,24,25). The third kappa shape index (κ3) is 4.44. The molecule has 0 amide bonds.